The van der Waals surface area contributed by atoms with Crippen LogP contribution in [0.25, 0.3) is 43.5 Å². The van der Waals surface area contributed by atoms with E-state index in [1.807, 2.05) is 48.5 Å². The number of hydrogen-bond acceptors (Lipinski definition) is 10. The van der Waals surface area contributed by atoms with Crippen LogP contribution < -0.4 is 15.2 Å². The smallest absolute Gasteiger partial charge is 0.147 e. The maximum absolute atomic E-state index is 12.5. The molecule has 0 bridgehead atoms. The number of furan rings is 2. The van der Waals surface area contributed by atoms with Crippen molar-refractivity contribution in [2.45, 2.75) is 76.0 Å². The van der Waals surface area contributed by atoms with E-state index >= 15 is 0 Å². The highest BCUT2D eigenvalue weighted by Crippen LogP contribution is 2.40. The first kappa shape index (κ1) is 37.6. The molecule has 3 aliphatic rings. The first-order valence-corrected chi connectivity index (χ1v) is 19.9. The van der Waals surface area contributed by atoms with Crippen LogP contribution in [0.3, 0.4) is 0 Å². The molecule has 2 atom stereocenters. The maximum Gasteiger partial charge on any atom is 0.147 e. The quantitative estimate of drug-likeness (QED) is 0.106. The standard InChI is InChI=1S/C26H28O5.C20H19NO4/c27-19-4-6-22(24(28)15-19)23-16-31-25-8-3-18-14-20(5-7-21(18)26(23)25)30-11-1-2-17-9-12-29-13-10-17;21-7-8-24-14-3-5-15-12(9-14)1-6-19-20(15)17(11-25-19)16-4-2-13(22)10-18(16)23/h3,5,7-8,14,16-17,22H,1-2,4,6,9-13,15H2;1,3,5-6,9,11,16H,2,4,7-8,10,21H2. The summed E-state index contributed by atoms with van der Waals surface area (Å²) in [5.74, 6) is 1.92. The molecule has 4 aromatic carbocycles. The van der Waals surface area contributed by atoms with E-state index in [0.29, 0.717) is 45.4 Å². The third kappa shape index (κ3) is 7.99. The second kappa shape index (κ2) is 16.8. The predicted molar refractivity (Wildman–Crippen MR) is 213 cm³/mol. The van der Waals surface area contributed by atoms with Gasteiger partial charge in [0, 0.05) is 66.3 Å². The van der Waals surface area contributed by atoms with Crippen molar-refractivity contribution in [2.24, 2.45) is 11.7 Å². The molecule has 2 N–H and O–H groups in total. The van der Waals surface area contributed by atoms with E-state index < -0.39 is 0 Å². The van der Waals surface area contributed by atoms with Crippen molar-refractivity contribution in [3.8, 4) is 11.5 Å². The minimum atomic E-state index is -0.266. The molecule has 0 spiro atoms. The summed E-state index contributed by atoms with van der Waals surface area (Å²) >= 11 is 0. The summed E-state index contributed by atoms with van der Waals surface area (Å²) in [6, 6.07) is 19.8. The second-order valence-corrected chi connectivity index (χ2v) is 15.3. The summed E-state index contributed by atoms with van der Waals surface area (Å²) in [5, 5.41) is 6.10. The molecule has 0 amide bonds. The highest BCUT2D eigenvalue weighted by molar-refractivity contribution is 6.13. The van der Waals surface area contributed by atoms with Crippen molar-refractivity contribution >= 4 is 66.6 Å². The lowest BCUT2D eigenvalue weighted by Gasteiger charge is -2.21. The van der Waals surface area contributed by atoms with Crippen molar-refractivity contribution in [1.29, 1.82) is 0 Å². The van der Waals surface area contributed by atoms with Crippen LogP contribution >= 0.6 is 0 Å². The monoisotopic (exact) mass is 757 g/mol. The van der Waals surface area contributed by atoms with Gasteiger partial charge in [-0.05, 0) is 115 Å². The molecule has 9 rings (SSSR count). The lowest BCUT2D eigenvalue weighted by atomic mass is 9.81. The predicted octanol–water partition coefficient (Wildman–Crippen LogP) is 8.91. The number of ether oxygens (including phenoxy) is 3. The zero-order valence-electron chi connectivity index (χ0n) is 31.5. The number of fused-ring (bicyclic) bond motifs is 6. The Balaban J connectivity index is 0.000000161. The topological polar surface area (TPSA) is 148 Å². The van der Waals surface area contributed by atoms with Gasteiger partial charge in [-0.3, -0.25) is 19.2 Å². The van der Waals surface area contributed by atoms with Gasteiger partial charge in [-0.15, -0.1) is 0 Å². The summed E-state index contributed by atoms with van der Waals surface area (Å²) in [4.78, 5) is 48.0. The fraction of sp³-hybridized carbons (Fsp3) is 0.391. The Labute approximate surface area is 324 Å². The largest absolute Gasteiger partial charge is 0.494 e. The molecule has 0 radical (unpaired) electrons. The van der Waals surface area contributed by atoms with Crippen LogP contribution in [0.5, 0.6) is 11.5 Å². The van der Waals surface area contributed by atoms with E-state index in [4.69, 9.17) is 28.8 Å². The molecular formula is C46H47NO9. The third-order valence-corrected chi connectivity index (χ3v) is 11.6. The SMILES string of the molecule is NCCOc1ccc2c(ccc3occ(C4CCC(=O)CC4=O)c32)c1.O=C1CCC(c2coc3ccc4cc(OCCCC5CCOCC5)ccc4c23)C(=O)C1. The van der Waals surface area contributed by atoms with E-state index in [1.165, 1.54) is 6.42 Å². The Morgan fingerprint density at radius 1 is 0.625 bits per heavy atom. The molecule has 1 saturated heterocycles. The molecule has 10 heteroatoms. The average molecular weight is 758 g/mol. The van der Waals surface area contributed by atoms with Gasteiger partial charge in [-0.2, -0.15) is 0 Å². The number of rotatable bonds is 10. The molecule has 290 valence electrons. The van der Waals surface area contributed by atoms with Crippen molar-refractivity contribution in [1.82, 2.24) is 0 Å². The van der Waals surface area contributed by atoms with Gasteiger partial charge < -0.3 is 28.8 Å². The number of benzene rings is 4. The van der Waals surface area contributed by atoms with Crippen molar-refractivity contribution < 1.29 is 42.2 Å². The number of carbonyl (C=O) groups excluding carboxylic acids is 4. The van der Waals surface area contributed by atoms with E-state index in [9.17, 15) is 19.2 Å². The molecule has 3 heterocycles. The van der Waals surface area contributed by atoms with Crippen molar-refractivity contribution in [3.05, 3.63) is 84.3 Å². The first-order valence-electron chi connectivity index (χ1n) is 19.9. The van der Waals surface area contributed by atoms with Crippen molar-refractivity contribution in [2.75, 3.05) is 33.0 Å². The first-order chi connectivity index (χ1) is 27.4. The summed E-state index contributed by atoms with van der Waals surface area (Å²) < 4.78 is 28.5. The Bertz CT molecular complexity index is 2420. The minimum Gasteiger partial charge on any atom is -0.494 e. The zero-order valence-corrected chi connectivity index (χ0v) is 31.5. The van der Waals surface area contributed by atoms with Crippen LogP contribution in [-0.4, -0.2) is 56.1 Å². The summed E-state index contributed by atoms with van der Waals surface area (Å²) in [6.07, 6.45) is 10.0. The molecule has 2 unspecified atom stereocenters. The van der Waals surface area contributed by atoms with Gasteiger partial charge >= 0.3 is 0 Å². The van der Waals surface area contributed by atoms with Gasteiger partial charge in [0.05, 0.1) is 32.0 Å². The number of ketones is 4. The second-order valence-electron chi connectivity index (χ2n) is 15.3. The van der Waals surface area contributed by atoms with Gasteiger partial charge in [0.25, 0.3) is 0 Å². The summed E-state index contributed by atoms with van der Waals surface area (Å²) in [6.45, 7) is 3.43. The highest BCUT2D eigenvalue weighted by Gasteiger charge is 2.32. The molecule has 2 aromatic heterocycles. The molecule has 2 aliphatic carbocycles. The van der Waals surface area contributed by atoms with Crippen LogP contribution in [0.2, 0.25) is 0 Å². The van der Waals surface area contributed by atoms with Gasteiger partial charge in [0.1, 0.15) is 52.4 Å². The van der Waals surface area contributed by atoms with E-state index in [2.05, 4.69) is 12.1 Å². The summed E-state index contributed by atoms with van der Waals surface area (Å²) in [5.41, 5.74) is 8.80. The Hall–Kier alpha value is -5.32. The van der Waals surface area contributed by atoms with Crippen LogP contribution in [-0.2, 0) is 23.9 Å². The number of carbonyl (C=O) groups is 4. The van der Waals surface area contributed by atoms with Crippen LogP contribution in [0.1, 0.15) is 87.2 Å². The van der Waals surface area contributed by atoms with E-state index in [-0.39, 0.29) is 47.8 Å². The molecule has 6 aromatic rings. The normalized spacial score (nSPS) is 19.5. The Morgan fingerprint density at radius 3 is 1.64 bits per heavy atom. The summed E-state index contributed by atoms with van der Waals surface area (Å²) in [7, 11) is 0. The molecular weight excluding hydrogens is 711 g/mol. The van der Waals surface area contributed by atoms with E-state index in [1.54, 1.807) is 12.5 Å². The maximum atomic E-state index is 12.5. The Morgan fingerprint density at radius 2 is 1.14 bits per heavy atom. The number of hydrogen-bond donors (Lipinski definition) is 1. The molecule has 1 aliphatic heterocycles. The molecule has 2 saturated carbocycles. The van der Waals surface area contributed by atoms with Crippen LogP contribution in [0.15, 0.2) is 82.0 Å². The Kier molecular flexibility index (Phi) is 11.3. The molecule has 10 nitrogen and oxygen atoms in total. The van der Waals surface area contributed by atoms with Crippen LogP contribution in [0.4, 0.5) is 0 Å². The molecule has 3 fully saturated rings. The lowest BCUT2D eigenvalue weighted by Crippen LogP contribution is -2.23. The van der Waals surface area contributed by atoms with Gasteiger partial charge in [-0.25, -0.2) is 0 Å². The number of Topliss-reactive ketones (excluding diaryl/α,β-unsaturated/α-hetero) is 4. The van der Waals surface area contributed by atoms with Gasteiger partial charge in [-0.1, -0.05) is 12.1 Å². The highest BCUT2D eigenvalue weighted by atomic mass is 16.5. The third-order valence-electron chi connectivity index (χ3n) is 11.6. The van der Waals surface area contributed by atoms with Gasteiger partial charge in [0.15, 0.2) is 0 Å². The number of nitrogens with two attached hydrogens (primary N) is 1. The molecule has 56 heavy (non-hydrogen) atoms. The lowest BCUT2D eigenvalue weighted by molar-refractivity contribution is -0.132. The fourth-order valence-electron chi connectivity index (χ4n) is 8.61. The van der Waals surface area contributed by atoms with Crippen molar-refractivity contribution in [3.63, 3.8) is 0 Å². The zero-order chi connectivity index (χ0) is 38.6. The average Bonchev–Trinajstić information content (AvgIpc) is 3.84. The minimum absolute atomic E-state index is 0.000403. The van der Waals surface area contributed by atoms with E-state index in [0.717, 1.165) is 105 Å². The van der Waals surface area contributed by atoms with Crippen LogP contribution in [0, 0.1) is 5.92 Å². The van der Waals surface area contributed by atoms with Gasteiger partial charge in [0.2, 0.25) is 0 Å². The fourth-order valence-corrected chi connectivity index (χ4v) is 8.61.